The normalized spacial score (nSPS) is 10.7. The minimum Gasteiger partial charge on any atom is -0.0530 e. The van der Waals surface area contributed by atoms with Crippen molar-refractivity contribution in [3.05, 3.63) is 40.3 Å². The zero-order valence-electron chi connectivity index (χ0n) is 10.1. The van der Waals surface area contributed by atoms with Gasteiger partial charge in [0.1, 0.15) is 0 Å². The van der Waals surface area contributed by atoms with E-state index in [2.05, 4.69) is 41.5 Å². The summed E-state index contributed by atoms with van der Waals surface area (Å²) in [6.45, 7) is 15.1. The molecule has 14 heavy (non-hydrogen) atoms. The van der Waals surface area contributed by atoms with Crippen molar-refractivity contribution >= 4 is 0 Å². The van der Waals surface area contributed by atoms with Crippen LogP contribution >= 0.6 is 0 Å². The molecule has 0 bridgehead atoms. The van der Waals surface area contributed by atoms with Gasteiger partial charge in [-0.3, -0.25) is 0 Å². The summed E-state index contributed by atoms with van der Waals surface area (Å²) in [7, 11) is 0. The zero-order valence-corrected chi connectivity index (χ0v) is 10.1. The van der Waals surface area contributed by atoms with Crippen LogP contribution in [0, 0.1) is 41.5 Å². The van der Waals surface area contributed by atoms with Gasteiger partial charge in [-0.15, -0.1) is 0 Å². The standard InChI is InChI=1S/C14H21/c1-7-8-14-12(5)10(3)9(2)11(4)13(14)6/h1,7-8H2,2-6H3. The zero-order chi connectivity index (χ0) is 10.9. The first-order valence-corrected chi connectivity index (χ1v) is 5.35. The Morgan fingerprint density at radius 3 is 1.43 bits per heavy atom. The maximum absolute atomic E-state index is 3.94. The molecule has 0 aliphatic rings. The quantitative estimate of drug-likeness (QED) is 0.659. The molecule has 0 N–H and O–H groups in total. The molecule has 0 fully saturated rings. The Kier molecular flexibility index (Phi) is 3.36. The molecule has 0 aromatic heterocycles. The van der Waals surface area contributed by atoms with E-state index in [1.807, 2.05) is 0 Å². The molecule has 0 saturated carbocycles. The van der Waals surface area contributed by atoms with Gasteiger partial charge < -0.3 is 0 Å². The summed E-state index contributed by atoms with van der Waals surface area (Å²) in [5.41, 5.74) is 8.81. The highest BCUT2D eigenvalue weighted by Gasteiger charge is 2.10. The minimum absolute atomic E-state index is 0.990. The van der Waals surface area contributed by atoms with Crippen molar-refractivity contribution in [3.8, 4) is 0 Å². The molecular formula is C14H21. The van der Waals surface area contributed by atoms with E-state index in [1.165, 1.54) is 33.4 Å². The summed E-state index contributed by atoms with van der Waals surface area (Å²) in [4.78, 5) is 0. The molecule has 0 heteroatoms. The monoisotopic (exact) mass is 189 g/mol. The number of hydrogen-bond acceptors (Lipinski definition) is 0. The molecule has 1 aromatic carbocycles. The van der Waals surface area contributed by atoms with E-state index in [9.17, 15) is 0 Å². The lowest BCUT2D eigenvalue weighted by Gasteiger charge is -2.18. The SMILES string of the molecule is [CH2]CCc1c(C)c(C)c(C)c(C)c1C. The molecule has 1 rings (SSSR count). The minimum atomic E-state index is 0.990. The molecular weight excluding hydrogens is 168 g/mol. The van der Waals surface area contributed by atoms with E-state index in [-0.39, 0.29) is 0 Å². The van der Waals surface area contributed by atoms with Crippen molar-refractivity contribution in [2.45, 2.75) is 47.5 Å². The molecule has 77 valence electrons. The van der Waals surface area contributed by atoms with Crippen molar-refractivity contribution in [2.24, 2.45) is 0 Å². The van der Waals surface area contributed by atoms with Crippen LogP contribution in [0.3, 0.4) is 0 Å². The largest absolute Gasteiger partial charge is 0.0530 e. The molecule has 0 spiro atoms. The smallest absolute Gasteiger partial charge is 0.0273 e. The predicted molar refractivity (Wildman–Crippen MR) is 63.8 cm³/mol. The van der Waals surface area contributed by atoms with Gasteiger partial charge in [-0.2, -0.15) is 0 Å². The second-order valence-electron chi connectivity index (χ2n) is 4.21. The van der Waals surface area contributed by atoms with E-state index in [1.54, 1.807) is 0 Å². The average Bonchev–Trinajstić information content (AvgIpc) is 2.19. The highest BCUT2D eigenvalue weighted by molar-refractivity contribution is 5.49. The molecule has 0 aliphatic heterocycles. The topological polar surface area (TPSA) is 0 Å². The van der Waals surface area contributed by atoms with E-state index < -0.39 is 0 Å². The highest BCUT2D eigenvalue weighted by Crippen LogP contribution is 2.26. The van der Waals surface area contributed by atoms with Crippen molar-refractivity contribution in [1.82, 2.24) is 0 Å². The van der Waals surface area contributed by atoms with E-state index >= 15 is 0 Å². The van der Waals surface area contributed by atoms with Crippen LogP contribution in [0.1, 0.15) is 39.8 Å². The molecule has 0 unspecified atom stereocenters. The third-order valence-electron chi connectivity index (χ3n) is 3.58. The van der Waals surface area contributed by atoms with Crippen molar-refractivity contribution in [2.75, 3.05) is 0 Å². The molecule has 1 radical (unpaired) electrons. The van der Waals surface area contributed by atoms with Crippen LogP contribution in [-0.4, -0.2) is 0 Å². The second kappa shape index (κ2) is 4.16. The first kappa shape index (κ1) is 11.3. The summed E-state index contributed by atoms with van der Waals surface area (Å²) >= 11 is 0. The Morgan fingerprint density at radius 1 is 0.714 bits per heavy atom. The van der Waals surface area contributed by atoms with Crippen LogP contribution < -0.4 is 0 Å². The number of hydrogen-bond donors (Lipinski definition) is 0. The molecule has 0 amide bonds. The van der Waals surface area contributed by atoms with Crippen molar-refractivity contribution in [1.29, 1.82) is 0 Å². The lowest BCUT2D eigenvalue weighted by atomic mass is 9.88. The number of rotatable bonds is 2. The lowest BCUT2D eigenvalue weighted by Crippen LogP contribution is -2.02. The summed E-state index contributed by atoms with van der Waals surface area (Å²) < 4.78 is 0. The molecule has 0 aliphatic carbocycles. The summed E-state index contributed by atoms with van der Waals surface area (Å²) in [6.07, 6.45) is 2.10. The Morgan fingerprint density at radius 2 is 1.07 bits per heavy atom. The summed E-state index contributed by atoms with van der Waals surface area (Å²) in [5.74, 6) is 0. The van der Waals surface area contributed by atoms with Gasteiger partial charge in [-0.05, 0) is 80.8 Å². The fraction of sp³-hybridized carbons (Fsp3) is 0.500. The Hall–Kier alpha value is -0.780. The van der Waals surface area contributed by atoms with Gasteiger partial charge in [0.15, 0.2) is 0 Å². The molecule has 0 atom stereocenters. The third kappa shape index (κ3) is 1.70. The van der Waals surface area contributed by atoms with Crippen LogP contribution in [0.5, 0.6) is 0 Å². The molecule has 0 saturated heterocycles. The fourth-order valence-corrected chi connectivity index (χ4v) is 2.13. The maximum Gasteiger partial charge on any atom is -0.0273 e. The summed E-state index contributed by atoms with van der Waals surface area (Å²) in [6, 6.07) is 0. The second-order valence-corrected chi connectivity index (χ2v) is 4.21. The Labute approximate surface area is 88.4 Å². The van der Waals surface area contributed by atoms with Crippen LogP contribution in [0.15, 0.2) is 0 Å². The molecule has 0 heterocycles. The van der Waals surface area contributed by atoms with E-state index in [0.29, 0.717) is 0 Å². The first-order valence-electron chi connectivity index (χ1n) is 5.35. The van der Waals surface area contributed by atoms with Crippen molar-refractivity contribution < 1.29 is 0 Å². The van der Waals surface area contributed by atoms with Gasteiger partial charge in [-0.1, -0.05) is 6.92 Å². The van der Waals surface area contributed by atoms with Gasteiger partial charge in [0, 0.05) is 0 Å². The van der Waals surface area contributed by atoms with Crippen LogP contribution in [-0.2, 0) is 6.42 Å². The van der Waals surface area contributed by atoms with E-state index in [0.717, 1.165) is 12.8 Å². The lowest BCUT2D eigenvalue weighted by molar-refractivity contribution is 0.952. The molecule has 1 aromatic rings. The average molecular weight is 189 g/mol. The summed E-state index contributed by atoms with van der Waals surface area (Å²) in [5, 5.41) is 0. The fourth-order valence-electron chi connectivity index (χ4n) is 2.13. The number of benzene rings is 1. The van der Waals surface area contributed by atoms with Gasteiger partial charge in [-0.25, -0.2) is 0 Å². The Balaban J connectivity index is 3.43. The first-order chi connectivity index (χ1) is 6.50. The van der Waals surface area contributed by atoms with E-state index in [4.69, 9.17) is 0 Å². The maximum atomic E-state index is 3.94. The Bertz CT molecular complexity index is 317. The predicted octanol–water partition coefficient (Wildman–Crippen LogP) is 4.00. The molecule has 0 nitrogen and oxygen atoms in total. The van der Waals surface area contributed by atoms with Crippen LogP contribution in [0.25, 0.3) is 0 Å². The van der Waals surface area contributed by atoms with Gasteiger partial charge >= 0.3 is 0 Å². The van der Waals surface area contributed by atoms with Crippen molar-refractivity contribution in [3.63, 3.8) is 0 Å². The van der Waals surface area contributed by atoms with Crippen LogP contribution in [0.4, 0.5) is 0 Å². The highest BCUT2D eigenvalue weighted by atomic mass is 14.2. The van der Waals surface area contributed by atoms with Gasteiger partial charge in [0.2, 0.25) is 0 Å². The van der Waals surface area contributed by atoms with Crippen LogP contribution in [0.2, 0.25) is 0 Å². The van der Waals surface area contributed by atoms with Gasteiger partial charge in [0.25, 0.3) is 0 Å². The van der Waals surface area contributed by atoms with Gasteiger partial charge in [0.05, 0.1) is 0 Å². The third-order valence-corrected chi connectivity index (χ3v) is 3.58.